The van der Waals surface area contributed by atoms with Gasteiger partial charge in [-0.15, -0.1) is 11.3 Å². The molecule has 13 heteroatoms. The molecular weight excluding hydrogens is 575 g/mol. The molecule has 0 aliphatic carbocycles. The van der Waals surface area contributed by atoms with Crippen LogP contribution in [0.2, 0.25) is 0 Å². The van der Waals surface area contributed by atoms with Crippen molar-refractivity contribution in [2.45, 2.75) is 31.2 Å². The molecule has 9 nitrogen and oxygen atoms in total. The van der Waals surface area contributed by atoms with E-state index in [1.807, 2.05) is 41.8 Å². The van der Waals surface area contributed by atoms with Gasteiger partial charge in [0.2, 0.25) is 5.78 Å². The van der Waals surface area contributed by atoms with Crippen LogP contribution in [0.5, 0.6) is 0 Å². The molecule has 3 aromatic rings. The van der Waals surface area contributed by atoms with Gasteiger partial charge in [-0.25, -0.2) is 9.78 Å². The number of piperidine rings is 3. The van der Waals surface area contributed by atoms with E-state index in [0.29, 0.717) is 33.7 Å². The Bertz CT molecular complexity index is 1380. The fraction of sp³-hybridized carbons (Fsp3) is 0.345. The van der Waals surface area contributed by atoms with Gasteiger partial charge in [0.25, 0.3) is 5.91 Å². The van der Waals surface area contributed by atoms with Crippen molar-refractivity contribution < 1.29 is 46.7 Å². The number of quaternary nitrogens is 1. The fourth-order valence-corrected chi connectivity index (χ4v) is 5.82. The summed E-state index contributed by atoms with van der Waals surface area (Å²) in [6, 6.07) is 17.1. The van der Waals surface area contributed by atoms with Crippen LogP contribution in [0.25, 0.3) is 0 Å². The van der Waals surface area contributed by atoms with E-state index in [-0.39, 0.29) is 23.7 Å². The van der Waals surface area contributed by atoms with Crippen molar-refractivity contribution in [3.8, 4) is 0 Å². The van der Waals surface area contributed by atoms with Crippen molar-refractivity contribution in [2.75, 3.05) is 26.2 Å². The van der Waals surface area contributed by atoms with E-state index < -0.39 is 24.2 Å². The maximum Gasteiger partial charge on any atom is 0.430 e. The second-order valence-electron chi connectivity index (χ2n) is 10.2. The Balaban J connectivity index is 0.000000517. The van der Waals surface area contributed by atoms with Crippen LogP contribution >= 0.6 is 11.3 Å². The average Bonchev–Trinajstić information content (AvgIpc) is 3.52. The summed E-state index contributed by atoms with van der Waals surface area (Å²) in [5, 5.41) is 14.0. The largest absolute Gasteiger partial charge is 0.542 e. The molecule has 2 bridgehead atoms. The fourth-order valence-electron chi connectivity index (χ4n) is 5.26. The van der Waals surface area contributed by atoms with E-state index in [4.69, 9.17) is 14.6 Å². The van der Waals surface area contributed by atoms with Gasteiger partial charge in [-0.05, 0) is 17.7 Å². The lowest BCUT2D eigenvalue weighted by atomic mass is 9.83. The molecule has 2 aromatic carbocycles. The van der Waals surface area contributed by atoms with Gasteiger partial charge in [0.05, 0.1) is 13.1 Å². The second kappa shape index (κ2) is 13.3. The maximum atomic E-state index is 13.4. The Labute approximate surface area is 243 Å². The van der Waals surface area contributed by atoms with Gasteiger partial charge in [0.1, 0.15) is 19.1 Å². The molecule has 42 heavy (non-hydrogen) atoms. The van der Waals surface area contributed by atoms with Gasteiger partial charge in [-0.1, -0.05) is 48.5 Å². The number of alkyl halides is 3. The van der Waals surface area contributed by atoms with Gasteiger partial charge in [-0.3, -0.25) is 9.59 Å². The first kappa shape index (κ1) is 30.8. The summed E-state index contributed by atoms with van der Waals surface area (Å²) in [6.07, 6.45) is -2.00. The first-order valence-electron chi connectivity index (χ1n) is 13.1. The zero-order chi connectivity index (χ0) is 30.3. The van der Waals surface area contributed by atoms with Crippen LogP contribution in [0.3, 0.4) is 0 Å². The van der Waals surface area contributed by atoms with Gasteiger partial charge >= 0.3 is 12.1 Å². The number of halogens is 3. The lowest BCUT2D eigenvalue weighted by molar-refractivity contribution is -0.938. The minimum atomic E-state index is -5.19. The number of hydrogen-bond acceptors (Lipinski definition) is 8. The lowest BCUT2D eigenvalue weighted by Gasteiger charge is -2.51. The SMILES string of the molecule is O=C(N[C@H](C(=O)O[C@H]1C[N+]2(CC(=O)c3nccs3)CCC1CC2)c1ccccc1)c1ccccc1.O=C([O-])C(F)(F)F. The molecule has 1 amide bonds. The Hall–Kier alpha value is -4.10. The summed E-state index contributed by atoms with van der Waals surface area (Å²) >= 11 is 1.36. The zero-order valence-electron chi connectivity index (χ0n) is 22.3. The van der Waals surface area contributed by atoms with Crippen molar-refractivity contribution in [2.24, 2.45) is 5.92 Å². The number of carbonyl (C=O) groups is 4. The topological polar surface area (TPSA) is 125 Å². The van der Waals surface area contributed by atoms with Crippen molar-refractivity contribution in [1.29, 1.82) is 0 Å². The number of nitrogens with zero attached hydrogens (tertiary/aromatic N) is 2. The van der Waals surface area contributed by atoms with Crippen LogP contribution in [0.4, 0.5) is 13.2 Å². The Morgan fingerprint density at radius 2 is 1.62 bits per heavy atom. The van der Waals surface area contributed by atoms with Crippen LogP contribution < -0.4 is 10.4 Å². The Morgan fingerprint density at radius 3 is 2.17 bits per heavy atom. The number of rotatable bonds is 8. The molecule has 3 fully saturated rings. The molecule has 6 rings (SSSR count). The number of hydrogen-bond donors (Lipinski definition) is 1. The van der Waals surface area contributed by atoms with Gasteiger partial charge in [0.15, 0.2) is 17.2 Å². The van der Waals surface area contributed by atoms with E-state index in [1.54, 1.807) is 30.5 Å². The van der Waals surface area contributed by atoms with Crippen LogP contribution in [-0.4, -0.2) is 71.6 Å². The molecule has 3 aliphatic rings. The molecule has 0 unspecified atom stereocenters. The number of aromatic nitrogens is 1. The van der Waals surface area contributed by atoms with E-state index in [0.717, 1.165) is 25.9 Å². The monoisotopic (exact) mass is 603 g/mol. The molecule has 0 spiro atoms. The van der Waals surface area contributed by atoms with Crippen molar-refractivity contribution in [1.82, 2.24) is 10.3 Å². The number of nitrogens with one attached hydrogen (secondary N) is 1. The highest BCUT2D eigenvalue weighted by molar-refractivity contribution is 7.11. The summed E-state index contributed by atoms with van der Waals surface area (Å²) in [5.74, 6) is -3.49. The number of carbonyl (C=O) groups excluding carboxylic acids is 4. The maximum absolute atomic E-state index is 13.4. The Morgan fingerprint density at radius 1 is 1.02 bits per heavy atom. The number of carboxylic acid groups (broad SMARTS) is 1. The molecule has 2 atom stereocenters. The van der Waals surface area contributed by atoms with Crippen LogP contribution in [-0.2, 0) is 14.3 Å². The number of ketones is 1. The zero-order valence-corrected chi connectivity index (χ0v) is 23.1. The number of aliphatic carboxylic acids is 1. The Kier molecular flexibility index (Phi) is 9.74. The third-order valence-electron chi connectivity index (χ3n) is 7.37. The third-order valence-corrected chi connectivity index (χ3v) is 8.18. The number of thiazole rings is 1. The predicted octanol–water partition coefficient (Wildman–Crippen LogP) is 2.95. The van der Waals surface area contributed by atoms with Gasteiger partial charge < -0.3 is 24.4 Å². The van der Waals surface area contributed by atoms with E-state index in [2.05, 4.69) is 10.3 Å². The number of benzene rings is 2. The van der Waals surface area contributed by atoms with E-state index >= 15 is 0 Å². The number of Topliss-reactive ketones (excluding diaryl/α,β-unsaturated/α-hetero) is 1. The standard InChI is InChI=1S/C27H27N3O4S.C2HF3O2/c31-22(26-28-13-16-35-26)17-30-14-11-19(12-15-30)23(18-30)34-27(33)24(20-7-3-1-4-8-20)29-25(32)21-9-5-2-6-10-21;3-2(4,5)1(6)7/h1-10,13,16,19,23-24H,11-12,14-15,17-18H2;(H,6,7)/t19?,23-,24-,30?;/m0./s1. The summed E-state index contributed by atoms with van der Waals surface area (Å²) in [7, 11) is 0. The number of fused-ring (bicyclic) bond motifs is 3. The van der Waals surface area contributed by atoms with E-state index in [9.17, 15) is 27.6 Å². The quantitative estimate of drug-likeness (QED) is 0.239. The number of carboxylic acids is 1. The highest BCUT2D eigenvalue weighted by Gasteiger charge is 2.49. The molecule has 1 N–H and O–H groups in total. The molecule has 0 radical (unpaired) electrons. The number of amides is 1. The number of esters is 1. The first-order valence-corrected chi connectivity index (χ1v) is 14.0. The highest BCUT2D eigenvalue weighted by atomic mass is 32.1. The van der Waals surface area contributed by atoms with Crippen molar-refractivity contribution in [3.05, 3.63) is 88.4 Å². The molecule has 1 aromatic heterocycles. The van der Waals surface area contributed by atoms with Crippen molar-refractivity contribution >= 4 is 35.0 Å². The second-order valence-corrected chi connectivity index (χ2v) is 11.1. The first-order chi connectivity index (χ1) is 20.0. The number of ether oxygens (including phenoxy) is 1. The summed E-state index contributed by atoms with van der Waals surface area (Å²) < 4.78 is 38.3. The molecule has 0 saturated carbocycles. The third kappa shape index (κ3) is 7.79. The van der Waals surface area contributed by atoms with Crippen LogP contribution in [0.15, 0.2) is 72.2 Å². The van der Waals surface area contributed by atoms with Crippen LogP contribution in [0, 0.1) is 5.92 Å². The van der Waals surface area contributed by atoms with Gasteiger partial charge in [-0.2, -0.15) is 13.2 Å². The summed E-state index contributed by atoms with van der Waals surface area (Å²) in [5.41, 5.74) is 1.15. The minimum Gasteiger partial charge on any atom is -0.542 e. The smallest absolute Gasteiger partial charge is 0.430 e. The summed E-state index contributed by atoms with van der Waals surface area (Å²) in [4.78, 5) is 52.1. The lowest BCUT2D eigenvalue weighted by Crippen LogP contribution is -2.66. The molecule has 222 valence electrons. The highest BCUT2D eigenvalue weighted by Crippen LogP contribution is 2.36. The predicted molar refractivity (Wildman–Crippen MR) is 143 cm³/mol. The van der Waals surface area contributed by atoms with Crippen LogP contribution in [0.1, 0.15) is 44.6 Å². The molecular formula is C29H28F3N3O6S. The normalized spacial score (nSPS) is 21.8. The summed E-state index contributed by atoms with van der Waals surface area (Å²) in [6.45, 7) is 2.80. The minimum absolute atomic E-state index is 0.0442. The van der Waals surface area contributed by atoms with Crippen molar-refractivity contribution in [3.63, 3.8) is 0 Å². The molecule has 4 heterocycles. The van der Waals surface area contributed by atoms with Gasteiger partial charge in [0, 0.05) is 35.9 Å². The molecule has 3 aliphatic heterocycles. The molecule has 3 saturated heterocycles. The average molecular weight is 604 g/mol. The van der Waals surface area contributed by atoms with E-state index in [1.165, 1.54) is 11.3 Å².